The lowest BCUT2D eigenvalue weighted by atomic mass is 9.84. The number of aromatic nitrogens is 4. The summed E-state index contributed by atoms with van der Waals surface area (Å²) in [4.78, 5) is 6.80. The van der Waals surface area contributed by atoms with Crippen LogP contribution in [0, 0.1) is 0 Å². The van der Waals surface area contributed by atoms with Gasteiger partial charge in [0.05, 0.1) is 12.7 Å². The number of benzene rings is 4. The molecule has 0 fully saturated rings. The third-order valence-corrected chi connectivity index (χ3v) is 7.79. The molecule has 202 valence electrons. The number of methoxy groups -OCH3 is 1. The van der Waals surface area contributed by atoms with E-state index in [1.807, 2.05) is 60.9 Å². The molecule has 0 radical (unpaired) electrons. The first-order valence-electron chi connectivity index (χ1n) is 12.8. The van der Waals surface area contributed by atoms with E-state index >= 15 is 0 Å². The van der Waals surface area contributed by atoms with E-state index < -0.39 is 0 Å². The molecule has 7 aromatic rings. The molecular weight excluding hydrogens is 559 g/mol. The number of H-pyrrole nitrogens is 2. The summed E-state index contributed by atoms with van der Waals surface area (Å²) >= 11 is 12.8. The molecule has 4 aromatic carbocycles. The van der Waals surface area contributed by atoms with Crippen LogP contribution in [0.1, 0.15) is 22.6 Å². The molecule has 0 saturated carbocycles. The number of phenols is 1. The highest BCUT2D eigenvalue weighted by atomic mass is 35.5. The van der Waals surface area contributed by atoms with Crippen molar-refractivity contribution >= 4 is 45.0 Å². The van der Waals surface area contributed by atoms with Crippen LogP contribution in [-0.4, -0.2) is 32.4 Å². The highest BCUT2D eigenvalue weighted by Crippen LogP contribution is 2.41. The van der Waals surface area contributed by atoms with Crippen LogP contribution in [0.25, 0.3) is 44.7 Å². The molecular formula is C32H22Cl2N4O3. The van der Waals surface area contributed by atoms with E-state index in [1.54, 1.807) is 19.2 Å². The minimum absolute atomic E-state index is 0.0249. The number of nitrogens with zero attached hydrogens (tertiary/aromatic N) is 2. The molecule has 41 heavy (non-hydrogen) atoms. The topological polar surface area (TPSA) is 100.0 Å². The Bertz CT molecular complexity index is 1960. The number of phenolic OH excluding ortho intramolecular Hbond substituents is 1. The number of aromatic amines is 2. The van der Waals surface area contributed by atoms with E-state index in [0.717, 1.165) is 44.1 Å². The molecule has 7 nitrogen and oxygen atoms in total. The minimum atomic E-state index is -0.129. The zero-order valence-electron chi connectivity index (χ0n) is 21.7. The van der Waals surface area contributed by atoms with Gasteiger partial charge in [0.2, 0.25) is 5.89 Å². The van der Waals surface area contributed by atoms with E-state index in [4.69, 9.17) is 32.4 Å². The van der Waals surface area contributed by atoms with Crippen LogP contribution >= 0.6 is 23.2 Å². The van der Waals surface area contributed by atoms with Crippen molar-refractivity contribution in [1.29, 1.82) is 0 Å². The molecule has 0 aliphatic heterocycles. The molecule has 3 N–H and O–H groups in total. The van der Waals surface area contributed by atoms with Crippen molar-refractivity contribution in [3.8, 4) is 34.4 Å². The number of hydrogen-bond donors (Lipinski definition) is 3. The number of halogens is 2. The number of hydrogen-bond acceptors (Lipinski definition) is 5. The summed E-state index contributed by atoms with van der Waals surface area (Å²) < 4.78 is 11.2. The zero-order valence-corrected chi connectivity index (χ0v) is 23.2. The standard InChI is InChI=1S/C32H22Cl2N4O3/c1-40-21-8-11-29(39)24(14-21)32-38-37-31(41-32)18-4-2-17(3-5-18)30(25-15-35-27-9-6-19(33)12-22(25)27)26-16-36-28-10-7-20(34)13-23(26)28/h2-16,30,35-36,39H,1H3. The zero-order chi connectivity index (χ0) is 28.1. The SMILES string of the molecule is COc1ccc(O)c(-c2nnc(-c3ccc(C(c4c[nH]c5ccc(Cl)cc45)c4c[nH]c5ccc(Cl)cc45)cc3)o2)c1. The van der Waals surface area contributed by atoms with Crippen molar-refractivity contribution in [1.82, 2.24) is 20.2 Å². The number of fused-ring (bicyclic) bond motifs is 2. The molecule has 0 spiro atoms. The highest BCUT2D eigenvalue weighted by molar-refractivity contribution is 6.31. The van der Waals surface area contributed by atoms with Crippen molar-refractivity contribution in [3.63, 3.8) is 0 Å². The average molecular weight is 581 g/mol. The monoisotopic (exact) mass is 580 g/mol. The Balaban J connectivity index is 1.32. The Morgan fingerprint density at radius 1 is 0.756 bits per heavy atom. The number of aromatic hydroxyl groups is 1. The van der Waals surface area contributed by atoms with Gasteiger partial charge in [-0.2, -0.15) is 0 Å². The predicted octanol–water partition coefficient (Wildman–Crippen LogP) is 8.57. The van der Waals surface area contributed by atoms with E-state index in [9.17, 15) is 5.11 Å². The maximum atomic E-state index is 10.3. The van der Waals surface area contributed by atoms with Gasteiger partial charge in [-0.05, 0) is 83.4 Å². The smallest absolute Gasteiger partial charge is 0.252 e. The molecule has 7 rings (SSSR count). The third kappa shape index (κ3) is 4.49. The molecule has 0 saturated heterocycles. The Hall–Kier alpha value is -4.72. The fraction of sp³-hybridized carbons (Fsp3) is 0.0625. The molecule has 0 unspecified atom stereocenters. The van der Waals surface area contributed by atoms with Gasteiger partial charge in [0.15, 0.2) is 0 Å². The molecule has 3 heterocycles. The Morgan fingerprint density at radius 3 is 1.98 bits per heavy atom. The summed E-state index contributed by atoms with van der Waals surface area (Å²) in [5.41, 5.74) is 6.38. The highest BCUT2D eigenvalue weighted by Gasteiger charge is 2.24. The summed E-state index contributed by atoms with van der Waals surface area (Å²) in [5.74, 6) is 1.00. The van der Waals surface area contributed by atoms with Gasteiger partial charge in [-0.25, -0.2) is 0 Å². The number of rotatable bonds is 6. The predicted molar refractivity (Wildman–Crippen MR) is 161 cm³/mol. The van der Waals surface area contributed by atoms with E-state index in [2.05, 4.69) is 32.3 Å². The lowest BCUT2D eigenvalue weighted by Gasteiger charge is -2.18. The Labute approximate surface area is 244 Å². The second kappa shape index (κ2) is 10.0. The van der Waals surface area contributed by atoms with Gasteiger partial charge in [-0.15, -0.1) is 10.2 Å². The quantitative estimate of drug-likeness (QED) is 0.183. The van der Waals surface area contributed by atoms with E-state index in [1.165, 1.54) is 6.07 Å². The molecule has 0 aliphatic carbocycles. The summed E-state index contributed by atoms with van der Waals surface area (Å²) in [6.45, 7) is 0. The average Bonchev–Trinajstić information content (AvgIpc) is 3.73. The molecule has 0 bridgehead atoms. The number of nitrogens with one attached hydrogen (secondary N) is 2. The van der Waals surface area contributed by atoms with Crippen molar-refractivity contribution in [2.45, 2.75) is 5.92 Å². The van der Waals surface area contributed by atoms with Crippen molar-refractivity contribution in [3.05, 3.63) is 118 Å². The largest absolute Gasteiger partial charge is 0.507 e. The molecule has 0 aliphatic rings. The second-order valence-electron chi connectivity index (χ2n) is 9.72. The lowest BCUT2D eigenvalue weighted by Crippen LogP contribution is -2.02. The molecule has 3 aromatic heterocycles. The van der Waals surface area contributed by atoms with Crippen LogP contribution in [-0.2, 0) is 0 Å². The van der Waals surface area contributed by atoms with Gasteiger partial charge in [-0.1, -0.05) is 35.3 Å². The van der Waals surface area contributed by atoms with Gasteiger partial charge in [0.1, 0.15) is 11.5 Å². The first-order chi connectivity index (χ1) is 20.0. The first kappa shape index (κ1) is 25.3. The maximum Gasteiger partial charge on any atom is 0.252 e. The summed E-state index contributed by atoms with van der Waals surface area (Å²) in [7, 11) is 1.56. The van der Waals surface area contributed by atoms with Crippen LogP contribution in [0.5, 0.6) is 11.5 Å². The van der Waals surface area contributed by atoms with Gasteiger partial charge in [-0.3, -0.25) is 0 Å². The van der Waals surface area contributed by atoms with Crippen molar-refractivity contribution in [2.75, 3.05) is 7.11 Å². The molecule has 0 atom stereocenters. The van der Waals surface area contributed by atoms with Crippen molar-refractivity contribution in [2.24, 2.45) is 0 Å². The fourth-order valence-electron chi connectivity index (χ4n) is 5.31. The van der Waals surface area contributed by atoms with Crippen LogP contribution in [0.4, 0.5) is 0 Å². The van der Waals surface area contributed by atoms with Gasteiger partial charge < -0.3 is 24.2 Å². The van der Waals surface area contributed by atoms with E-state index in [-0.39, 0.29) is 17.6 Å². The van der Waals surface area contributed by atoms with Crippen LogP contribution in [0.2, 0.25) is 10.0 Å². The molecule has 0 amide bonds. The second-order valence-corrected chi connectivity index (χ2v) is 10.6. The third-order valence-electron chi connectivity index (χ3n) is 7.32. The summed E-state index contributed by atoms with van der Waals surface area (Å²) in [6, 6.07) is 24.6. The van der Waals surface area contributed by atoms with E-state index in [0.29, 0.717) is 27.2 Å². The molecule has 9 heteroatoms. The number of ether oxygens (including phenoxy) is 1. The van der Waals surface area contributed by atoms with Gasteiger partial charge in [0, 0.05) is 55.7 Å². The lowest BCUT2D eigenvalue weighted by molar-refractivity contribution is 0.412. The normalized spacial score (nSPS) is 11.6. The maximum absolute atomic E-state index is 10.3. The summed E-state index contributed by atoms with van der Waals surface area (Å²) in [5, 5.41) is 22.1. The van der Waals surface area contributed by atoms with Crippen LogP contribution in [0.15, 0.2) is 95.7 Å². The first-order valence-corrected chi connectivity index (χ1v) is 13.6. The van der Waals surface area contributed by atoms with Gasteiger partial charge >= 0.3 is 0 Å². The summed E-state index contributed by atoms with van der Waals surface area (Å²) in [6.07, 6.45) is 4.07. The minimum Gasteiger partial charge on any atom is -0.507 e. The van der Waals surface area contributed by atoms with Crippen LogP contribution in [0.3, 0.4) is 0 Å². The van der Waals surface area contributed by atoms with Gasteiger partial charge in [0.25, 0.3) is 5.89 Å². The van der Waals surface area contributed by atoms with Crippen LogP contribution < -0.4 is 4.74 Å². The Morgan fingerprint density at radius 2 is 1.37 bits per heavy atom. The Kier molecular flexibility index (Phi) is 6.18. The fourth-order valence-corrected chi connectivity index (χ4v) is 5.66. The van der Waals surface area contributed by atoms with Crippen molar-refractivity contribution < 1.29 is 14.3 Å².